The zero-order valence-electron chi connectivity index (χ0n) is 18.3. The SMILES string of the molecule is CCC(C)(C)c1cccc(Cn2cc(-c3cc(-c4cccc(C#N)c4)nc(N)n3)nn2)n1. The largest absolute Gasteiger partial charge is 0.368 e. The molecule has 0 aliphatic heterocycles. The van der Waals surface area contributed by atoms with E-state index in [0.29, 0.717) is 29.2 Å². The molecule has 0 fully saturated rings. The Morgan fingerprint density at radius 3 is 2.56 bits per heavy atom. The lowest BCUT2D eigenvalue weighted by Gasteiger charge is -2.22. The second-order valence-corrected chi connectivity index (χ2v) is 8.24. The highest BCUT2D eigenvalue weighted by atomic mass is 15.4. The summed E-state index contributed by atoms with van der Waals surface area (Å²) in [5, 5.41) is 17.7. The molecule has 8 heteroatoms. The second kappa shape index (κ2) is 8.55. The van der Waals surface area contributed by atoms with Crippen molar-refractivity contribution in [2.75, 3.05) is 5.73 Å². The van der Waals surface area contributed by atoms with Crippen LogP contribution in [0.2, 0.25) is 0 Å². The van der Waals surface area contributed by atoms with Gasteiger partial charge in [0.05, 0.1) is 41.5 Å². The van der Waals surface area contributed by atoms with Gasteiger partial charge in [-0.2, -0.15) is 5.26 Å². The van der Waals surface area contributed by atoms with E-state index >= 15 is 0 Å². The number of aromatic nitrogens is 6. The third kappa shape index (κ3) is 4.47. The highest BCUT2D eigenvalue weighted by molar-refractivity contribution is 5.68. The van der Waals surface area contributed by atoms with Gasteiger partial charge in [0.15, 0.2) is 0 Å². The summed E-state index contributed by atoms with van der Waals surface area (Å²) in [5.74, 6) is 0.130. The van der Waals surface area contributed by atoms with E-state index in [1.54, 1.807) is 22.9 Å². The van der Waals surface area contributed by atoms with Crippen LogP contribution in [0.1, 0.15) is 44.1 Å². The molecule has 4 aromatic rings. The molecule has 0 saturated heterocycles. The van der Waals surface area contributed by atoms with Crippen LogP contribution < -0.4 is 5.73 Å². The number of nitrogens with zero attached hydrogens (tertiary/aromatic N) is 7. The highest BCUT2D eigenvalue weighted by Gasteiger charge is 2.20. The Balaban J connectivity index is 1.61. The topological polar surface area (TPSA) is 119 Å². The van der Waals surface area contributed by atoms with Crippen molar-refractivity contribution in [2.45, 2.75) is 39.2 Å². The molecular weight excluding hydrogens is 400 g/mol. The lowest BCUT2D eigenvalue weighted by Crippen LogP contribution is -2.18. The van der Waals surface area contributed by atoms with Crippen LogP contribution in [0.25, 0.3) is 22.6 Å². The molecule has 0 atom stereocenters. The molecule has 1 aromatic carbocycles. The van der Waals surface area contributed by atoms with Crippen LogP contribution in [0.4, 0.5) is 5.95 Å². The van der Waals surface area contributed by atoms with Gasteiger partial charge in [0.25, 0.3) is 0 Å². The number of nitrogens with two attached hydrogens (primary N) is 1. The van der Waals surface area contributed by atoms with Gasteiger partial charge in [0, 0.05) is 16.7 Å². The van der Waals surface area contributed by atoms with Crippen molar-refractivity contribution in [2.24, 2.45) is 0 Å². The van der Waals surface area contributed by atoms with Gasteiger partial charge in [-0.15, -0.1) is 5.10 Å². The summed E-state index contributed by atoms with van der Waals surface area (Å²) in [6, 6.07) is 17.2. The minimum Gasteiger partial charge on any atom is -0.368 e. The summed E-state index contributed by atoms with van der Waals surface area (Å²) in [6.07, 6.45) is 2.82. The first-order chi connectivity index (χ1) is 15.4. The van der Waals surface area contributed by atoms with Crippen molar-refractivity contribution < 1.29 is 0 Å². The van der Waals surface area contributed by atoms with Gasteiger partial charge in [-0.3, -0.25) is 4.98 Å². The van der Waals surface area contributed by atoms with E-state index in [4.69, 9.17) is 16.0 Å². The minimum atomic E-state index is 0.0152. The Bertz CT molecular complexity index is 1300. The molecule has 4 rings (SSSR count). The Morgan fingerprint density at radius 1 is 1.00 bits per heavy atom. The number of rotatable bonds is 6. The lowest BCUT2D eigenvalue weighted by atomic mass is 9.86. The van der Waals surface area contributed by atoms with Crippen LogP contribution >= 0.6 is 0 Å². The van der Waals surface area contributed by atoms with Crippen molar-refractivity contribution in [3.05, 3.63) is 71.7 Å². The van der Waals surface area contributed by atoms with Crippen molar-refractivity contribution >= 4 is 5.95 Å². The van der Waals surface area contributed by atoms with Crippen molar-refractivity contribution in [3.8, 4) is 28.7 Å². The average molecular weight is 425 g/mol. The normalized spacial score (nSPS) is 11.3. The minimum absolute atomic E-state index is 0.0152. The number of benzene rings is 1. The molecule has 160 valence electrons. The lowest BCUT2D eigenvalue weighted by molar-refractivity contribution is 0.486. The van der Waals surface area contributed by atoms with Gasteiger partial charge in [-0.05, 0) is 36.8 Å². The zero-order valence-corrected chi connectivity index (χ0v) is 18.3. The van der Waals surface area contributed by atoms with E-state index < -0.39 is 0 Å². The Kier molecular flexibility index (Phi) is 5.65. The van der Waals surface area contributed by atoms with E-state index in [2.05, 4.69) is 53.2 Å². The molecule has 8 nitrogen and oxygen atoms in total. The highest BCUT2D eigenvalue weighted by Crippen LogP contribution is 2.26. The van der Waals surface area contributed by atoms with Crippen molar-refractivity contribution in [1.82, 2.24) is 29.9 Å². The first-order valence-electron chi connectivity index (χ1n) is 10.4. The number of nitrogen functional groups attached to an aromatic ring is 1. The summed E-state index contributed by atoms with van der Waals surface area (Å²) in [4.78, 5) is 13.4. The van der Waals surface area contributed by atoms with Gasteiger partial charge in [-0.1, -0.05) is 44.2 Å². The molecule has 32 heavy (non-hydrogen) atoms. The van der Waals surface area contributed by atoms with E-state index in [0.717, 1.165) is 23.4 Å². The molecule has 2 N–H and O–H groups in total. The van der Waals surface area contributed by atoms with Gasteiger partial charge in [0.2, 0.25) is 5.95 Å². The van der Waals surface area contributed by atoms with E-state index in [9.17, 15) is 0 Å². The van der Waals surface area contributed by atoms with Crippen LogP contribution in [0.15, 0.2) is 54.7 Å². The summed E-state index contributed by atoms with van der Waals surface area (Å²) in [6.45, 7) is 7.04. The third-order valence-corrected chi connectivity index (χ3v) is 5.54. The fraction of sp³-hybridized carbons (Fsp3) is 0.250. The van der Waals surface area contributed by atoms with Gasteiger partial charge < -0.3 is 5.73 Å². The molecule has 0 radical (unpaired) electrons. The predicted octanol–water partition coefficient (Wildman–Crippen LogP) is 3.99. The Labute approximate surface area is 186 Å². The van der Waals surface area contributed by atoms with Crippen LogP contribution in [0.3, 0.4) is 0 Å². The predicted molar refractivity (Wildman–Crippen MR) is 122 cm³/mol. The van der Waals surface area contributed by atoms with Crippen LogP contribution in [-0.4, -0.2) is 29.9 Å². The molecule has 0 amide bonds. The number of anilines is 1. The molecular formula is C24H24N8. The molecule has 0 saturated carbocycles. The first-order valence-corrected chi connectivity index (χ1v) is 10.4. The molecule has 0 aliphatic carbocycles. The summed E-state index contributed by atoms with van der Waals surface area (Å²) in [5.41, 5.74) is 11.0. The maximum absolute atomic E-state index is 9.16. The molecule has 3 heterocycles. The fourth-order valence-electron chi connectivity index (χ4n) is 3.28. The van der Waals surface area contributed by atoms with Crippen LogP contribution in [-0.2, 0) is 12.0 Å². The number of hydrogen-bond donors (Lipinski definition) is 1. The Morgan fingerprint density at radius 2 is 1.78 bits per heavy atom. The van der Waals surface area contributed by atoms with Crippen molar-refractivity contribution in [1.29, 1.82) is 5.26 Å². The Hall–Kier alpha value is -4.12. The van der Waals surface area contributed by atoms with Crippen molar-refractivity contribution in [3.63, 3.8) is 0 Å². The maximum Gasteiger partial charge on any atom is 0.221 e. The zero-order chi connectivity index (χ0) is 22.7. The molecule has 0 aliphatic rings. The smallest absolute Gasteiger partial charge is 0.221 e. The summed E-state index contributed by atoms with van der Waals surface area (Å²) < 4.78 is 1.73. The summed E-state index contributed by atoms with van der Waals surface area (Å²) >= 11 is 0. The van der Waals surface area contributed by atoms with Gasteiger partial charge in [-0.25, -0.2) is 14.6 Å². The fourth-order valence-corrected chi connectivity index (χ4v) is 3.28. The molecule has 0 bridgehead atoms. The number of pyridine rings is 1. The number of nitriles is 1. The third-order valence-electron chi connectivity index (χ3n) is 5.54. The van der Waals surface area contributed by atoms with Crippen LogP contribution in [0.5, 0.6) is 0 Å². The maximum atomic E-state index is 9.16. The molecule has 0 unspecified atom stereocenters. The average Bonchev–Trinajstić information content (AvgIpc) is 3.27. The number of hydrogen-bond acceptors (Lipinski definition) is 7. The van der Waals surface area contributed by atoms with Gasteiger partial charge >= 0.3 is 0 Å². The standard InChI is InChI=1S/C24H24N8/c1-4-24(2,3)22-10-6-9-18(27-22)14-32-15-21(30-31-32)20-12-19(28-23(26)29-20)17-8-5-7-16(11-17)13-25/h5-12,15H,4,14H2,1-3H3,(H2,26,28,29). The second-order valence-electron chi connectivity index (χ2n) is 8.24. The van der Waals surface area contributed by atoms with E-state index in [1.165, 1.54) is 0 Å². The molecule has 3 aromatic heterocycles. The van der Waals surface area contributed by atoms with E-state index in [-0.39, 0.29) is 11.4 Å². The van der Waals surface area contributed by atoms with E-state index in [1.807, 2.05) is 30.5 Å². The monoisotopic (exact) mass is 424 g/mol. The first kappa shape index (κ1) is 21.1. The summed E-state index contributed by atoms with van der Waals surface area (Å²) in [7, 11) is 0. The van der Waals surface area contributed by atoms with Crippen LogP contribution in [0, 0.1) is 11.3 Å². The molecule has 0 spiro atoms. The quantitative estimate of drug-likeness (QED) is 0.497. The van der Waals surface area contributed by atoms with Gasteiger partial charge in [0.1, 0.15) is 5.69 Å².